The Balaban J connectivity index is 2.44. The lowest BCUT2D eigenvalue weighted by Crippen LogP contribution is -2.42. The van der Waals surface area contributed by atoms with Crippen LogP contribution in [-0.4, -0.2) is 33.1 Å². The molecule has 4 heteroatoms. The third-order valence-electron chi connectivity index (χ3n) is 2.52. The van der Waals surface area contributed by atoms with Gasteiger partial charge in [-0.05, 0) is 33.8 Å². The van der Waals surface area contributed by atoms with Crippen LogP contribution in [0.25, 0.3) is 0 Å². The van der Waals surface area contributed by atoms with Crippen LogP contribution in [0.5, 0.6) is 0 Å². The first-order chi connectivity index (χ1) is 6.90. The van der Waals surface area contributed by atoms with E-state index in [1.54, 1.807) is 20.0 Å². The van der Waals surface area contributed by atoms with E-state index in [1.165, 1.54) is 0 Å². The summed E-state index contributed by atoms with van der Waals surface area (Å²) in [5.74, 6) is 0. The lowest BCUT2D eigenvalue weighted by molar-refractivity contribution is 0.0747. The van der Waals surface area contributed by atoms with Gasteiger partial charge in [0.2, 0.25) is 0 Å². The lowest BCUT2D eigenvalue weighted by Gasteiger charge is -2.25. The molecule has 0 aliphatic rings. The summed E-state index contributed by atoms with van der Waals surface area (Å²) in [6.45, 7) is 8.38. The van der Waals surface area contributed by atoms with E-state index in [1.807, 2.05) is 16.9 Å². The highest BCUT2D eigenvalue weighted by Crippen LogP contribution is 2.09. The molecule has 0 saturated heterocycles. The highest BCUT2D eigenvalue weighted by Gasteiger charge is 2.18. The zero-order chi connectivity index (χ0) is 11.5. The van der Waals surface area contributed by atoms with Crippen molar-refractivity contribution in [3.8, 4) is 0 Å². The second-order valence-corrected chi connectivity index (χ2v) is 4.71. The zero-order valence-electron chi connectivity index (χ0n) is 9.94. The van der Waals surface area contributed by atoms with Gasteiger partial charge in [0.1, 0.15) is 0 Å². The van der Waals surface area contributed by atoms with Gasteiger partial charge in [-0.15, -0.1) is 0 Å². The van der Waals surface area contributed by atoms with Crippen LogP contribution in [0, 0.1) is 0 Å². The normalized spacial score (nSPS) is 16.3. The Bertz CT molecular complexity index is 277. The van der Waals surface area contributed by atoms with Crippen molar-refractivity contribution in [2.75, 3.05) is 6.54 Å². The number of hydrogen-bond acceptors (Lipinski definition) is 3. The Labute approximate surface area is 91.3 Å². The van der Waals surface area contributed by atoms with Crippen LogP contribution in [0.4, 0.5) is 0 Å². The van der Waals surface area contributed by atoms with E-state index in [2.05, 4.69) is 24.3 Å². The fourth-order valence-electron chi connectivity index (χ4n) is 1.33. The number of aromatic nitrogens is 2. The topological polar surface area (TPSA) is 50.1 Å². The highest BCUT2D eigenvalue weighted by molar-refractivity contribution is 4.84. The molecule has 1 heterocycles. The van der Waals surface area contributed by atoms with Gasteiger partial charge in [0.25, 0.3) is 0 Å². The monoisotopic (exact) mass is 211 g/mol. The standard InChI is InChI=1S/C11H21N3O/c1-9(12-8-11(3,4)15)10(2)14-7-5-6-13-14/h5-7,9-10,12,15H,8H2,1-4H3/t9-,10-/m0/s1. The molecule has 0 bridgehead atoms. The lowest BCUT2D eigenvalue weighted by atomic mass is 10.1. The van der Waals surface area contributed by atoms with Crippen molar-refractivity contribution in [2.45, 2.75) is 45.4 Å². The summed E-state index contributed by atoms with van der Waals surface area (Å²) in [5.41, 5.74) is -0.669. The van der Waals surface area contributed by atoms with Crippen molar-refractivity contribution >= 4 is 0 Å². The highest BCUT2D eigenvalue weighted by atomic mass is 16.3. The average molecular weight is 211 g/mol. The van der Waals surface area contributed by atoms with Gasteiger partial charge in [0, 0.05) is 25.0 Å². The molecule has 1 rings (SSSR count). The Kier molecular flexibility index (Phi) is 3.88. The smallest absolute Gasteiger partial charge is 0.0715 e. The quantitative estimate of drug-likeness (QED) is 0.769. The summed E-state index contributed by atoms with van der Waals surface area (Å²) >= 11 is 0. The van der Waals surface area contributed by atoms with Crippen LogP contribution in [-0.2, 0) is 0 Å². The number of nitrogens with zero attached hydrogens (tertiary/aromatic N) is 2. The van der Waals surface area contributed by atoms with Crippen LogP contribution >= 0.6 is 0 Å². The van der Waals surface area contributed by atoms with Gasteiger partial charge in [0.15, 0.2) is 0 Å². The maximum atomic E-state index is 9.59. The van der Waals surface area contributed by atoms with Crippen molar-refractivity contribution in [2.24, 2.45) is 0 Å². The molecule has 15 heavy (non-hydrogen) atoms. The molecule has 0 aliphatic carbocycles. The van der Waals surface area contributed by atoms with Gasteiger partial charge < -0.3 is 10.4 Å². The number of nitrogens with one attached hydrogen (secondary N) is 1. The van der Waals surface area contributed by atoms with Gasteiger partial charge in [-0.25, -0.2) is 0 Å². The molecule has 0 saturated carbocycles. The Morgan fingerprint density at radius 1 is 1.47 bits per heavy atom. The van der Waals surface area contributed by atoms with E-state index in [0.717, 1.165) is 0 Å². The van der Waals surface area contributed by atoms with Crippen molar-refractivity contribution in [1.29, 1.82) is 0 Å². The molecular weight excluding hydrogens is 190 g/mol. The Hall–Kier alpha value is -0.870. The molecule has 0 fully saturated rings. The number of hydrogen-bond donors (Lipinski definition) is 2. The maximum absolute atomic E-state index is 9.59. The minimum Gasteiger partial charge on any atom is -0.389 e. The first-order valence-corrected chi connectivity index (χ1v) is 5.35. The van der Waals surface area contributed by atoms with Gasteiger partial charge in [0.05, 0.1) is 11.6 Å². The van der Waals surface area contributed by atoms with Crippen molar-refractivity contribution in [3.63, 3.8) is 0 Å². The second-order valence-electron chi connectivity index (χ2n) is 4.71. The second kappa shape index (κ2) is 4.77. The summed E-state index contributed by atoms with van der Waals surface area (Å²) in [7, 11) is 0. The van der Waals surface area contributed by atoms with Gasteiger partial charge in [-0.1, -0.05) is 0 Å². The van der Waals surface area contributed by atoms with E-state index in [9.17, 15) is 5.11 Å². The molecule has 4 nitrogen and oxygen atoms in total. The van der Waals surface area contributed by atoms with Crippen molar-refractivity contribution < 1.29 is 5.11 Å². The Morgan fingerprint density at radius 3 is 2.60 bits per heavy atom. The number of rotatable bonds is 5. The summed E-state index contributed by atoms with van der Waals surface area (Å²) in [6.07, 6.45) is 3.73. The molecule has 86 valence electrons. The minimum atomic E-state index is -0.669. The summed E-state index contributed by atoms with van der Waals surface area (Å²) in [4.78, 5) is 0. The third-order valence-corrected chi connectivity index (χ3v) is 2.52. The molecule has 2 N–H and O–H groups in total. The minimum absolute atomic E-state index is 0.274. The summed E-state index contributed by atoms with van der Waals surface area (Å²) < 4.78 is 1.92. The van der Waals surface area contributed by atoms with Crippen LogP contribution in [0.3, 0.4) is 0 Å². The fourth-order valence-corrected chi connectivity index (χ4v) is 1.33. The molecule has 0 amide bonds. The predicted molar refractivity (Wildman–Crippen MR) is 60.7 cm³/mol. The molecule has 2 atom stereocenters. The van der Waals surface area contributed by atoms with Crippen LogP contribution < -0.4 is 5.32 Å². The molecule has 0 unspecified atom stereocenters. The third kappa shape index (κ3) is 4.01. The SMILES string of the molecule is C[C@H](NCC(C)(C)O)[C@H](C)n1cccn1. The van der Waals surface area contributed by atoms with Crippen LogP contribution in [0.2, 0.25) is 0 Å². The first kappa shape index (κ1) is 12.2. The molecule has 0 aliphatic heterocycles. The largest absolute Gasteiger partial charge is 0.389 e. The van der Waals surface area contributed by atoms with Gasteiger partial charge >= 0.3 is 0 Å². The first-order valence-electron chi connectivity index (χ1n) is 5.35. The average Bonchev–Trinajstić information content (AvgIpc) is 2.64. The van der Waals surface area contributed by atoms with E-state index >= 15 is 0 Å². The molecule has 0 spiro atoms. The predicted octanol–water partition coefficient (Wildman–Crippen LogP) is 1.19. The van der Waals surface area contributed by atoms with Gasteiger partial charge in [-0.2, -0.15) is 5.10 Å². The van der Waals surface area contributed by atoms with E-state index in [0.29, 0.717) is 6.54 Å². The Morgan fingerprint density at radius 2 is 2.13 bits per heavy atom. The van der Waals surface area contributed by atoms with Crippen LogP contribution in [0.15, 0.2) is 18.5 Å². The van der Waals surface area contributed by atoms with Crippen molar-refractivity contribution in [1.82, 2.24) is 15.1 Å². The summed E-state index contributed by atoms with van der Waals surface area (Å²) in [5, 5.41) is 17.1. The molecule has 1 aromatic heterocycles. The number of aliphatic hydroxyl groups is 1. The van der Waals surface area contributed by atoms with E-state index < -0.39 is 5.60 Å². The fraction of sp³-hybridized carbons (Fsp3) is 0.727. The molecule has 0 aromatic carbocycles. The molecular formula is C11H21N3O. The van der Waals surface area contributed by atoms with Gasteiger partial charge in [-0.3, -0.25) is 4.68 Å². The van der Waals surface area contributed by atoms with E-state index in [-0.39, 0.29) is 12.1 Å². The van der Waals surface area contributed by atoms with Crippen molar-refractivity contribution in [3.05, 3.63) is 18.5 Å². The summed E-state index contributed by atoms with van der Waals surface area (Å²) in [6, 6.07) is 2.47. The zero-order valence-corrected chi connectivity index (χ0v) is 9.94. The maximum Gasteiger partial charge on any atom is 0.0715 e. The van der Waals surface area contributed by atoms with E-state index in [4.69, 9.17) is 0 Å². The molecule has 1 aromatic rings. The molecule has 0 radical (unpaired) electrons. The van der Waals surface area contributed by atoms with Crippen LogP contribution in [0.1, 0.15) is 33.7 Å².